The molecule has 0 radical (unpaired) electrons. The maximum atomic E-state index is 8.35. The molecule has 0 amide bonds. The lowest BCUT2D eigenvalue weighted by Gasteiger charge is -1.27. The predicted octanol–water partition coefficient (Wildman–Crippen LogP) is -0.899. The first kappa shape index (κ1) is 8.86. The van der Waals surface area contributed by atoms with Crippen molar-refractivity contribution in [2.24, 2.45) is 0 Å². The molecule has 0 aliphatic heterocycles. The quantitative estimate of drug-likeness (QED) is 0.315. The third kappa shape index (κ3) is 1760. The van der Waals surface area contributed by atoms with Crippen LogP contribution in [-0.4, -0.2) is 12.2 Å². The van der Waals surface area contributed by atoms with Gasteiger partial charge in [-0.1, -0.05) is 11.6 Å². The van der Waals surface area contributed by atoms with Crippen molar-refractivity contribution in [3.8, 4) is 0 Å². The Morgan fingerprint density at radius 2 is 1.40 bits per heavy atom. The molecule has 0 spiro atoms. The molecule has 1 N–H and O–H groups in total. The Hall–Kier alpha value is -0.0900. The van der Waals surface area contributed by atoms with Crippen LogP contribution in [-0.2, 0) is 20.0 Å². The summed E-state index contributed by atoms with van der Waals surface area (Å²) in [7, 11) is 1.00. The zero-order valence-corrected chi connectivity index (χ0v) is 3.61. The molecule has 0 aliphatic carbocycles. The van der Waals surface area contributed by atoms with E-state index in [1.54, 1.807) is 0 Å². The summed E-state index contributed by atoms with van der Waals surface area (Å²) in [6, 6.07) is 0. The molecule has 0 saturated carbocycles. The zero-order valence-electron chi connectivity index (χ0n) is 2.71. The van der Waals surface area contributed by atoms with Gasteiger partial charge < -0.3 is 13.5 Å². The van der Waals surface area contributed by atoms with E-state index in [9.17, 15) is 0 Å². The van der Waals surface area contributed by atoms with Crippen molar-refractivity contribution in [2.75, 3.05) is 7.11 Å². The zero-order chi connectivity index (χ0) is 4.71. The normalized spacial score (nSPS) is 4.40. The Morgan fingerprint density at radius 1 is 1.40 bits per heavy atom. The van der Waals surface area contributed by atoms with E-state index in [-0.39, 0.29) is 0 Å². The maximum absolute atomic E-state index is 8.35. The Labute approximate surface area is 33.2 Å². The van der Waals surface area contributed by atoms with Gasteiger partial charge in [0.1, 0.15) is 0 Å². The lowest BCUT2D eigenvalue weighted by molar-refractivity contribution is 0.399. The van der Waals surface area contributed by atoms with Crippen LogP contribution < -0.4 is 0 Å². The molecule has 0 saturated heterocycles. The highest BCUT2D eigenvalue weighted by Crippen LogP contribution is 0.942. The standard InChI is InChI=1S/CH4O.HO2S/c1-2;1-3-2/h2H,1H3;3H/q;-1. The lowest BCUT2D eigenvalue weighted by atomic mass is 11.8. The molecule has 34 valence electrons. The number of aliphatic hydroxyl groups excluding tert-OH is 1. The molecule has 0 rings (SSSR count). The number of thiol groups is 1. The van der Waals surface area contributed by atoms with Crippen molar-refractivity contribution >= 4 is 11.6 Å². The molecule has 0 fully saturated rings. The molecule has 3 nitrogen and oxygen atoms in total. The van der Waals surface area contributed by atoms with Crippen LogP contribution in [0.4, 0.5) is 0 Å². The van der Waals surface area contributed by atoms with Crippen LogP contribution in [0.15, 0.2) is 0 Å². The summed E-state index contributed by atoms with van der Waals surface area (Å²) in [5, 5.41) is 7.00. The molecule has 0 aromatic heterocycles. The van der Waals surface area contributed by atoms with Crippen molar-refractivity contribution in [3.63, 3.8) is 0 Å². The Kier molecular flexibility index (Phi) is 70.9. The van der Waals surface area contributed by atoms with E-state index in [2.05, 4.69) is 0 Å². The molecule has 4 heteroatoms. The van der Waals surface area contributed by atoms with Gasteiger partial charge in [-0.3, -0.25) is 0 Å². The van der Waals surface area contributed by atoms with Crippen LogP contribution in [0.3, 0.4) is 0 Å². The summed E-state index contributed by atoms with van der Waals surface area (Å²) in [6.07, 6.45) is 0. The average Bonchev–Trinajstić information content (AvgIpc) is 1.46. The first-order valence-corrected chi connectivity index (χ1v) is 1.54. The first-order chi connectivity index (χ1) is 2.41. The summed E-state index contributed by atoms with van der Waals surface area (Å²) >= 11 is -1.08. The van der Waals surface area contributed by atoms with Gasteiger partial charge in [0, 0.05) is 7.11 Å². The van der Waals surface area contributed by atoms with Gasteiger partial charge in [-0.25, -0.2) is 0 Å². The van der Waals surface area contributed by atoms with E-state index in [1.165, 1.54) is 0 Å². The van der Waals surface area contributed by atoms with Gasteiger partial charge in [0.2, 0.25) is 0 Å². The third-order valence-corrected chi connectivity index (χ3v) is 0. The van der Waals surface area contributed by atoms with Crippen molar-refractivity contribution in [3.05, 3.63) is 0 Å². The Balaban J connectivity index is 0. The highest BCUT2D eigenvalue weighted by molar-refractivity contribution is 7.51. The van der Waals surface area contributed by atoms with Gasteiger partial charge in [0.15, 0.2) is 0 Å². The van der Waals surface area contributed by atoms with Crippen LogP contribution in [0.1, 0.15) is 0 Å². The highest BCUT2D eigenvalue weighted by atomic mass is 32.1. The van der Waals surface area contributed by atoms with Crippen molar-refractivity contribution in [1.82, 2.24) is 0 Å². The second-order valence-electron chi connectivity index (χ2n) is 0.0745. The van der Waals surface area contributed by atoms with E-state index in [4.69, 9.17) is 13.5 Å². The monoisotopic (exact) mass is 97.0 g/mol. The SMILES string of the molecule is CO.O=[SH-]=O. The summed E-state index contributed by atoms with van der Waals surface area (Å²) < 4.78 is 16.7. The van der Waals surface area contributed by atoms with E-state index < -0.39 is 11.6 Å². The molecule has 0 unspecified atom stereocenters. The Bertz CT molecular complexity index is 27.9. The van der Waals surface area contributed by atoms with Gasteiger partial charge in [0.05, 0.1) is 0 Å². The molecule has 0 heterocycles. The first-order valence-electron chi connectivity index (χ1n) is 0.812. The Morgan fingerprint density at radius 3 is 1.40 bits per heavy atom. The summed E-state index contributed by atoms with van der Waals surface area (Å²) in [5.41, 5.74) is 0. The lowest BCUT2D eigenvalue weighted by Crippen LogP contribution is -1.25. The molecule has 0 aromatic rings. The van der Waals surface area contributed by atoms with Crippen LogP contribution in [0, 0.1) is 0 Å². The third-order valence-electron chi connectivity index (χ3n) is 0. The fourth-order valence-corrected chi connectivity index (χ4v) is 0. The minimum absolute atomic E-state index is 1.00. The van der Waals surface area contributed by atoms with E-state index in [1.807, 2.05) is 0 Å². The van der Waals surface area contributed by atoms with Crippen LogP contribution in [0.25, 0.3) is 0 Å². The van der Waals surface area contributed by atoms with Gasteiger partial charge >= 0.3 is 0 Å². The number of hydrogen-bond donors (Lipinski definition) is 1. The minimum Gasteiger partial charge on any atom is -0.427 e. The molecule has 0 atom stereocenters. The molecule has 0 aromatic carbocycles. The molecule has 5 heavy (non-hydrogen) atoms. The van der Waals surface area contributed by atoms with Crippen molar-refractivity contribution in [2.45, 2.75) is 0 Å². The van der Waals surface area contributed by atoms with E-state index in [0.29, 0.717) is 0 Å². The molecule has 0 aliphatic rings. The summed E-state index contributed by atoms with van der Waals surface area (Å²) in [4.78, 5) is 0. The predicted molar refractivity (Wildman–Crippen MR) is 18.3 cm³/mol. The number of aliphatic hydroxyl groups is 1. The smallest absolute Gasteiger partial charge is 0.0319 e. The molecular weight excluding hydrogens is 92.1 g/mol. The second-order valence-corrected chi connectivity index (χ2v) is 0.224. The van der Waals surface area contributed by atoms with Crippen LogP contribution >= 0.6 is 0 Å². The fourth-order valence-electron chi connectivity index (χ4n) is 0. The van der Waals surface area contributed by atoms with Gasteiger partial charge in [-0.15, -0.1) is 0 Å². The van der Waals surface area contributed by atoms with Crippen LogP contribution in [0.5, 0.6) is 0 Å². The average molecular weight is 97.1 g/mol. The summed E-state index contributed by atoms with van der Waals surface area (Å²) in [5.74, 6) is 0. The topological polar surface area (TPSA) is 54.4 Å². The number of hydrogen-bond acceptors (Lipinski definition) is 4. The van der Waals surface area contributed by atoms with E-state index >= 15 is 0 Å². The fraction of sp³-hybridized carbons (Fsp3) is 1.00. The minimum atomic E-state index is -1.08. The molecular formula is CH5O3S-. The van der Waals surface area contributed by atoms with Crippen molar-refractivity contribution < 1.29 is 13.5 Å². The number of rotatable bonds is 0. The largest absolute Gasteiger partial charge is 0.427 e. The second kappa shape index (κ2) is 40.0. The van der Waals surface area contributed by atoms with Crippen molar-refractivity contribution in [1.29, 1.82) is 0 Å². The van der Waals surface area contributed by atoms with E-state index in [0.717, 1.165) is 7.11 Å². The highest BCUT2D eigenvalue weighted by Gasteiger charge is 0.839. The van der Waals surface area contributed by atoms with Crippen LogP contribution in [0.2, 0.25) is 0 Å². The van der Waals surface area contributed by atoms with Gasteiger partial charge in [-0.2, -0.15) is 0 Å². The summed E-state index contributed by atoms with van der Waals surface area (Å²) in [6.45, 7) is 0. The van der Waals surface area contributed by atoms with Gasteiger partial charge in [-0.05, 0) is 0 Å². The molecule has 0 bridgehead atoms. The maximum Gasteiger partial charge on any atom is 0.0319 e. The van der Waals surface area contributed by atoms with Gasteiger partial charge in [0.25, 0.3) is 0 Å².